The number of phenols is 1. The number of aliphatic imine (C=N–C) groups is 1. The molecule has 0 amide bonds. The number of phenolic OH excluding ortho intramolecular Hbond substituents is 1. The van der Waals surface area contributed by atoms with Crippen LogP contribution in [-0.2, 0) is 5.75 Å². The quantitative estimate of drug-likeness (QED) is 0.137. The number of ether oxygens (including phenoxy) is 1. The molecule has 0 aliphatic heterocycles. The van der Waals surface area contributed by atoms with Gasteiger partial charge >= 0.3 is 0 Å². The van der Waals surface area contributed by atoms with E-state index in [-0.39, 0.29) is 11.4 Å². The average molecular weight is 486 g/mol. The fourth-order valence-corrected chi connectivity index (χ4v) is 5.20. The molecule has 4 aromatic rings. The number of benzene rings is 3. The highest BCUT2D eigenvalue weighted by atomic mass is 35.5. The van der Waals surface area contributed by atoms with E-state index >= 15 is 0 Å². The number of rotatable bonds is 7. The summed E-state index contributed by atoms with van der Waals surface area (Å²) in [5.41, 5.74) is 2.85. The first-order chi connectivity index (χ1) is 15.4. The van der Waals surface area contributed by atoms with Gasteiger partial charge in [-0.25, -0.2) is 4.98 Å². The van der Waals surface area contributed by atoms with Gasteiger partial charge < -0.3 is 9.84 Å². The molecule has 0 radical (unpaired) electrons. The van der Waals surface area contributed by atoms with Crippen LogP contribution in [0.4, 0.5) is 11.4 Å². The number of halogens is 1. The molecule has 0 bridgehead atoms. The summed E-state index contributed by atoms with van der Waals surface area (Å²) in [6, 6.07) is 15.0. The molecule has 0 spiro atoms. The van der Waals surface area contributed by atoms with Gasteiger partial charge in [0.05, 0.1) is 27.9 Å². The van der Waals surface area contributed by atoms with Crippen LogP contribution in [0.2, 0.25) is 5.02 Å². The molecule has 1 N–H and O–H groups in total. The summed E-state index contributed by atoms with van der Waals surface area (Å²) in [5.74, 6) is 1.20. The Balaban J connectivity index is 1.52. The first-order valence-electron chi connectivity index (χ1n) is 9.30. The minimum atomic E-state index is -0.420. The third-order valence-electron chi connectivity index (χ3n) is 4.52. The number of nitro groups is 1. The van der Waals surface area contributed by atoms with Crippen LogP contribution in [-0.4, -0.2) is 28.3 Å². The van der Waals surface area contributed by atoms with Crippen molar-refractivity contribution in [3.63, 3.8) is 0 Å². The molecular formula is C22H16ClN3O4S2. The molecule has 0 saturated carbocycles. The Morgan fingerprint density at radius 2 is 2.09 bits per heavy atom. The van der Waals surface area contributed by atoms with Crippen molar-refractivity contribution in [2.45, 2.75) is 10.1 Å². The van der Waals surface area contributed by atoms with Crippen molar-refractivity contribution in [2.24, 2.45) is 4.99 Å². The van der Waals surface area contributed by atoms with E-state index in [1.165, 1.54) is 48.4 Å². The van der Waals surface area contributed by atoms with E-state index in [9.17, 15) is 15.2 Å². The molecule has 0 aliphatic rings. The SMILES string of the molecule is COc1ccc([N+](=O)[O-])cc1CSc1nc2ccc(N=Cc3cc(Cl)ccc3O)cc2s1. The lowest BCUT2D eigenvalue weighted by Gasteiger charge is -2.06. The Morgan fingerprint density at radius 3 is 2.88 bits per heavy atom. The maximum Gasteiger partial charge on any atom is 0.270 e. The van der Waals surface area contributed by atoms with E-state index in [1.807, 2.05) is 18.2 Å². The lowest BCUT2D eigenvalue weighted by atomic mass is 10.2. The molecule has 7 nitrogen and oxygen atoms in total. The van der Waals surface area contributed by atoms with Crippen LogP contribution in [0.25, 0.3) is 10.2 Å². The second-order valence-corrected chi connectivity index (χ2v) is 9.32. The fourth-order valence-electron chi connectivity index (χ4n) is 2.94. The molecule has 1 aromatic heterocycles. The van der Waals surface area contributed by atoms with Crippen molar-refractivity contribution in [1.82, 2.24) is 4.98 Å². The number of non-ortho nitro benzene ring substituents is 1. The van der Waals surface area contributed by atoms with E-state index in [1.54, 1.807) is 24.4 Å². The summed E-state index contributed by atoms with van der Waals surface area (Å²) < 4.78 is 7.12. The Kier molecular flexibility index (Phi) is 6.59. The predicted molar refractivity (Wildman–Crippen MR) is 129 cm³/mol. The normalized spacial score (nSPS) is 11.3. The van der Waals surface area contributed by atoms with Crippen LogP contribution in [0.15, 0.2) is 63.9 Å². The van der Waals surface area contributed by atoms with Crippen LogP contribution >= 0.6 is 34.7 Å². The largest absolute Gasteiger partial charge is 0.507 e. The Bertz CT molecular complexity index is 1340. The average Bonchev–Trinajstić information content (AvgIpc) is 3.20. The summed E-state index contributed by atoms with van der Waals surface area (Å²) in [7, 11) is 1.54. The molecule has 0 aliphatic carbocycles. The van der Waals surface area contributed by atoms with Gasteiger partial charge in [0, 0.05) is 40.2 Å². The monoisotopic (exact) mass is 485 g/mol. The predicted octanol–water partition coefficient (Wildman–Crippen LogP) is 6.62. The molecule has 0 saturated heterocycles. The highest BCUT2D eigenvalue weighted by molar-refractivity contribution is 8.00. The maximum atomic E-state index is 11.1. The highest BCUT2D eigenvalue weighted by Crippen LogP contribution is 2.36. The highest BCUT2D eigenvalue weighted by Gasteiger charge is 2.13. The summed E-state index contributed by atoms with van der Waals surface area (Å²) in [6.45, 7) is 0. The van der Waals surface area contributed by atoms with Crippen LogP contribution in [0, 0.1) is 10.1 Å². The molecule has 3 aromatic carbocycles. The minimum Gasteiger partial charge on any atom is -0.507 e. The molecule has 32 heavy (non-hydrogen) atoms. The molecular weight excluding hydrogens is 470 g/mol. The van der Waals surface area contributed by atoms with Crippen molar-refractivity contribution in [3.8, 4) is 11.5 Å². The lowest BCUT2D eigenvalue weighted by molar-refractivity contribution is -0.384. The van der Waals surface area contributed by atoms with Crippen LogP contribution in [0.1, 0.15) is 11.1 Å². The number of hydrogen-bond donors (Lipinski definition) is 1. The summed E-state index contributed by atoms with van der Waals surface area (Å²) in [4.78, 5) is 19.7. The number of thioether (sulfide) groups is 1. The zero-order chi connectivity index (χ0) is 22.7. The topological polar surface area (TPSA) is 97.9 Å². The van der Waals surface area contributed by atoms with Crippen LogP contribution in [0.3, 0.4) is 0 Å². The first-order valence-corrected chi connectivity index (χ1v) is 11.5. The summed E-state index contributed by atoms with van der Waals surface area (Å²) in [5, 5.41) is 21.5. The third-order valence-corrected chi connectivity index (χ3v) is 6.97. The van der Waals surface area contributed by atoms with Crippen molar-refractivity contribution >= 4 is 62.5 Å². The second-order valence-electron chi connectivity index (χ2n) is 6.64. The van der Waals surface area contributed by atoms with Gasteiger partial charge in [-0.15, -0.1) is 11.3 Å². The molecule has 0 atom stereocenters. The van der Waals surface area contributed by atoms with E-state index in [0.717, 1.165) is 25.8 Å². The van der Waals surface area contributed by atoms with E-state index in [2.05, 4.69) is 9.98 Å². The van der Waals surface area contributed by atoms with Gasteiger partial charge in [-0.2, -0.15) is 0 Å². The number of nitro benzene ring substituents is 1. The zero-order valence-corrected chi connectivity index (χ0v) is 19.1. The van der Waals surface area contributed by atoms with Crippen molar-refractivity contribution in [1.29, 1.82) is 0 Å². The van der Waals surface area contributed by atoms with Crippen molar-refractivity contribution < 1.29 is 14.8 Å². The lowest BCUT2D eigenvalue weighted by Crippen LogP contribution is -1.94. The minimum absolute atomic E-state index is 0.0268. The summed E-state index contributed by atoms with van der Waals surface area (Å²) in [6.07, 6.45) is 1.56. The van der Waals surface area contributed by atoms with E-state index in [4.69, 9.17) is 16.3 Å². The second kappa shape index (κ2) is 9.56. The van der Waals surface area contributed by atoms with Gasteiger partial charge in [-0.05, 0) is 42.5 Å². The zero-order valence-electron chi connectivity index (χ0n) is 16.7. The maximum absolute atomic E-state index is 11.1. The van der Waals surface area contributed by atoms with Crippen molar-refractivity contribution in [3.05, 3.63) is 80.9 Å². The van der Waals surface area contributed by atoms with E-state index < -0.39 is 4.92 Å². The van der Waals surface area contributed by atoms with Gasteiger partial charge in [0.2, 0.25) is 0 Å². The number of nitrogens with zero attached hydrogens (tertiary/aromatic N) is 3. The number of aromatic hydroxyl groups is 1. The molecule has 162 valence electrons. The van der Waals surface area contributed by atoms with Gasteiger partial charge in [0.25, 0.3) is 5.69 Å². The molecule has 0 fully saturated rings. The number of methoxy groups -OCH3 is 1. The Labute approximate surface area is 196 Å². The number of thiazole rings is 1. The van der Waals surface area contributed by atoms with Gasteiger partial charge in [0.1, 0.15) is 11.5 Å². The fraction of sp³-hybridized carbons (Fsp3) is 0.0909. The third kappa shape index (κ3) is 5.01. The van der Waals surface area contributed by atoms with Gasteiger partial charge in [0.15, 0.2) is 4.34 Å². The number of aromatic nitrogens is 1. The number of hydrogen-bond acceptors (Lipinski definition) is 8. The number of fused-ring (bicyclic) bond motifs is 1. The molecule has 10 heteroatoms. The van der Waals surface area contributed by atoms with Gasteiger partial charge in [-0.3, -0.25) is 15.1 Å². The Hall–Kier alpha value is -3.14. The molecule has 4 rings (SSSR count). The first kappa shape index (κ1) is 22.1. The van der Waals surface area contributed by atoms with Crippen LogP contribution in [0.5, 0.6) is 11.5 Å². The van der Waals surface area contributed by atoms with Gasteiger partial charge in [-0.1, -0.05) is 23.4 Å². The smallest absolute Gasteiger partial charge is 0.270 e. The Morgan fingerprint density at radius 1 is 1.25 bits per heavy atom. The molecule has 0 unspecified atom stereocenters. The van der Waals surface area contributed by atoms with Crippen molar-refractivity contribution in [2.75, 3.05) is 7.11 Å². The molecule has 1 heterocycles. The van der Waals surface area contributed by atoms with E-state index in [0.29, 0.717) is 22.1 Å². The summed E-state index contributed by atoms with van der Waals surface area (Å²) >= 11 is 8.98. The standard InChI is InChI=1S/C22H16ClN3O4S2/c1-30-20-7-4-17(26(28)29)9-14(20)12-31-22-25-18-5-3-16(10-21(18)32-22)24-11-13-8-15(23)2-6-19(13)27/h2-11,27H,12H2,1H3. The van der Waals surface area contributed by atoms with Crippen LogP contribution < -0.4 is 4.74 Å².